The Morgan fingerprint density at radius 3 is 2.43 bits per heavy atom. The molecule has 4 amide bonds. The first-order valence-corrected chi connectivity index (χ1v) is 11.1. The Morgan fingerprint density at radius 1 is 1.09 bits per heavy atom. The fourth-order valence-electron chi connectivity index (χ4n) is 3.24. The second-order valence-corrected chi connectivity index (χ2v) is 7.50. The summed E-state index contributed by atoms with van der Waals surface area (Å²) in [6.07, 6.45) is 2.85. The monoisotopic (exact) mass is 498 g/mol. The minimum atomic E-state index is -0.915. The van der Waals surface area contributed by atoms with E-state index in [9.17, 15) is 19.2 Å². The molecule has 182 valence electrons. The molecule has 35 heavy (non-hydrogen) atoms. The van der Waals surface area contributed by atoms with Crippen molar-refractivity contribution in [2.24, 2.45) is 0 Å². The minimum Gasteiger partial charge on any atom is -0.490 e. The van der Waals surface area contributed by atoms with Crippen LogP contribution in [0.1, 0.15) is 29.8 Å². The highest BCUT2D eigenvalue weighted by Crippen LogP contribution is 2.37. The van der Waals surface area contributed by atoms with Crippen molar-refractivity contribution in [2.45, 2.75) is 13.8 Å². The number of urea groups is 1. The van der Waals surface area contributed by atoms with Crippen LogP contribution >= 0.6 is 11.6 Å². The molecule has 0 aliphatic carbocycles. The molecule has 1 aliphatic heterocycles. The van der Waals surface area contributed by atoms with E-state index in [4.69, 9.17) is 25.8 Å². The Bertz CT molecular complexity index is 1210. The van der Waals surface area contributed by atoms with Crippen LogP contribution in [0.15, 0.2) is 54.6 Å². The third-order valence-corrected chi connectivity index (χ3v) is 5.01. The molecule has 10 heteroatoms. The number of hydrogen-bond donors (Lipinski definition) is 1. The van der Waals surface area contributed by atoms with Gasteiger partial charge in [0.05, 0.1) is 29.5 Å². The van der Waals surface area contributed by atoms with Gasteiger partial charge in [-0.05, 0) is 61.9 Å². The summed E-state index contributed by atoms with van der Waals surface area (Å²) in [7, 11) is 0. The summed E-state index contributed by atoms with van der Waals surface area (Å²) in [5.41, 5.74) is 0.511. The van der Waals surface area contributed by atoms with Gasteiger partial charge in [-0.25, -0.2) is 14.5 Å². The number of halogens is 1. The highest BCUT2D eigenvalue weighted by molar-refractivity contribution is 6.39. The van der Waals surface area contributed by atoms with Crippen LogP contribution < -0.4 is 19.7 Å². The van der Waals surface area contributed by atoms with Crippen molar-refractivity contribution in [3.05, 3.63) is 70.8 Å². The lowest BCUT2D eigenvalue weighted by molar-refractivity contribution is -0.122. The van der Waals surface area contributed by atoms with Gasteiger partial charge in [0, 0.05) is 0 Å². The maximum absolute atomic E-state index is 13.2. The smallest absolute Gasteiger partial charge is 0.338 e. The van der Waals surface area contributed by atoms with Crippen LogP contribution in [-0.4, -0.2) is 43.6 Å². The summed E-state index contributed by atoms with van der Waals surface area (Å²) >= 11 is 6.35. The molecule has 1 saturated heterocycles. The summed E-state index contributed by atoms with van der Waals surface area (Å²) in [6.45, 7) is 7.79. The zero-order chi connectivity index (χ0) is 25.5. The normalized spacial score (nSPS) is 14.5. The molecule has 0 unspecified atom stereocenters. The van der Waals surface area contributed by atoms with Crippen LogP contribution in [0, 0.1) is 0 Å². The molecular formula is C25H23ClN2O7. The van der Waals surface area contributed by atoms with Crippen LogP contribution in [0.25, 0.3) is 6.08 Å². The molecule has 1 aliphatic rings. The standard InChI is InChI=1S/C25H23ClN2O7/c1-4-11-35-21-19(26)13-15(14-20(21)33-5-2)12-18-22(29)27-25(32)28(23(18)30)17-9-7-16(8-10-17)24(31)34-6-3/h4,7-10,12-14H,1,5-6,11H2,2-3H3,(H,27,29,32)/b18-12+. The first-order chi connectivity index (χ1) is 16.8. The van der Waals surface area contributed by atoms with E-state index in [2.05, 4.69) is 11.9 Å². The molecule has 2 aromatic rings. The lowest BCUT2D eigenvalue weighted by Crippen LogP contribution is -2.54. The third-order valence-electron chi connectivity index (χ3n) is 4.73. The number of rotatable bonds is 9. The van der Waals surface area contributed by atoms with Gasteiger partial charge in [0.1, 0.15) is 12.2 Å². The van der Waals surface area contributed by atoms with Crippen molar-refractivity contribution in [1.29, 1.82) is 0 Å². The first kappa shape index (κ1) is 25.5. The summed E-state index contributed by atoms with van der Waals surface area (Å²) in [5, 5.41) is 2.35. The van der Waals surface area contributed by atoms with Crippen LogP contribution in [-0.2, 0) is 14.3 Å². The van der Waals surface area contributed by atoms with Crippen LogP contribution in [0.2, 0.25) is 5.02 Å². The van der Waals surface area contributed by atoms with Crippen molar-refractivity contribution in [2.75, 3.05) is 24.7 Å². The molecule has 0 bridgehead atoms. The summed E-state index contributed by atoms with van der Waals surface area (Å²) in [6, 6.07) is 7.82. The fourth-order valence-corrected chi connectivity index (χ4v) is 3.51. The van der Waals surface area contributed by atoms with Crippen molar-refractivity contribution < 1.29 is 33.4 Å². The van der Waals surface area contributed by atoms with Crippen LogP contribution in [0.5, 0.6) is 11.5 Å². The number of imide groups is 2. The number of esters is 1. The number of carbonyl (C=O) groups is 4. The maximum atomic E-state index is 13.2. The highest BCUT2D eigenvalue weighted by Gasteiger charge is 2.37. The molecule has 1 heterocycles. The maximum Gasteiger partial charge on any atom is 0.338 e. The Labute approximate surface area is 206 Å². The van der Waals surface area contributed by atoms with Crippen molar-refractivity contribution in [1.82, 2.24) is 5.32 Å². The highest BCUT2D eigenvalue weighted by atomic mass is 35.5. The van der Waals surface area contributed by atoms with Gasteiger partial charge < -0.3 is 14.2 Å². The van der Waals surface area contributed by atoms with Gasteiger partial charge in [-0.15, -0.1) is 0 Å². The molecule has 2 aromatic carbocycles. The van der Waals surface area contributed by atoms with Gasteiger partial charge in [-0.2, -0.15) is 0 Å². The fraction of sp³-hybridized carbons (Fsp3) is 0.200. The van der Waals surface area contributed by atoms with E-state index in [0.29, 0.717) is 23.7 Å². The zero-order valence-electron chi connectivity index (χ0n) is 19.1. The first-order valence-electron chi connectivity index (χ1n) is 10.7. The van der Waals surface area contributed by atoms with Gasteiger partial charge in [-0.1, -0.05) is 24.3 Å². The number of benzene rings is 2. The van der Waals surface area contributed by atoms with Gasteiger partial charge >= 0.3 is 12.0 Å². The topological polar surface area (TPSA) is 111 Å². The Hall–Kier alpha value is -4.11. The molecule has 9 nitrogen and oxygen atoms in total. The Balaban J connectivity index is 1.96. The predicted molar refractivity (Wildman–Crippen MR) is 130 cm³/mol. The van der Waals surface area contributed by atoms with E-state index < -0.39 is 23.8 Å². The molecule has 0 atom stereocenters. The number of nitrogens with one attached hydrogen (secondary N) is 1. The summed E-state index contributed by atoms with van der Waals surface area (Å²) in [5.74, 6) is -1.62. The number of ether oxygens (including phenoxy) is 3. The lowest BCUT2D eigenvalue weighted by atomic mass is 10.1. The number of hydrogen-bond acceptors (Lipinski definition) is 7. The predicted octanol–water partition coefficient (Wildman–Crippen LogP) is 4.15. The van der Waals surface area contributed by atoms with Crippen molar-refractivity contribution >= 4 is 47.2 Å². The number of nitrogens with zero attached hydrogens (tertiary/aromatic N) is 1. The number of amides is 4. The molecule has 0 saturated carbocycles. The molecular weight excluding hydrogens is 476 g/mol. The molecule has 0 radical (unpaired) electrons. The van der Waals surface area contributed by atoms with Crippen molar-refractivity contribution in [3.63, 3.8) is 0 Å². The average molecular weight is 499 g/mol. The van der Waals surface area contributed by atoms with Gasteiger partial charge in [-0.3, -0.25) is 14.9 Å². The largest absolute Gasteiger partial charge is 0.490 e. The van der Waals surface area contributed by atoms with Crippen LogP contribution in [0.3, 0.4) is 0 Å². The Kier molecular flexibility index (Phi) is 8.27. The molecule has 0 spiro atoms. The van der Waals surface area contributed by atoms with E-state index in [1.165, 1.54) is 36.4 Å². The van der Waals surface area contributed by atoms with Crippen LogP contribution in [0.4, 0.5) is 10.5 Å². The van der Waals surface area contributed by atoms with Gasteiger partial charge in [0.25, 0.3) is 11.8 Å². The Morgan fingerprint density at radius 2 is 1.80 bits per heavy atom. The van der Waals surface area contributed by atoms with Crippen molar-refractivity contribution in [3.8, 4) is 11.5 Å². The lowest BCUT2D eigenvalue weighted by Gasteiger charge is -2.26. The van der Waals surface area contributed by atoms with Gasteiger partial charge in [0.2, 0.25) is 0 Å². The molecule has 0 aromatic heterocycles. The molecule has 1 fully saturated rings. The number of carbonyl (C=O) groups excluding carboxylic acids is 4. The SMILES string of the molecule is C=CCOc1c(Cl)cc(/C=C2\C(=O)NC(=O)N(c3ccc(C(=O)OCC)cc3)C2=O)cc1OCC. The number of barbiturate groups is 1. The van der Waals surface area contributed by atoms with E-state index in [0.717, 1.165) is 4.90 Å². The van der Waals surface area contributed by atoms with Gasteiger partial charge in [0.15, 0.2) is 11.5 Å². The van der Waals surface area contributed by atoms with E-state index in [-0.39, 0.29) is 35.1 Å². The number of anilines is 1. The summed E-state index contributed by atoms with van der Waals surface area (Å²) in [4.78, 5) is 50.8. The third kappa shape index (κ3) is 5.70. The molecule has 3 rings (SSSR count). The quantitative estimate of drug-likeness (QED) is 0.239. The average Bonchev–Trinajstić information content (AvgIpc) is 2.82. The van der Waals surface area contributed by atoms with E-state index >= 15 is 0 Å². The second-order valence-electron chi connectivity index (χ2n) is 7.09. The van der Waals surface area contributed by atoms with E-state index in [1.54, 1.807) is 26.0 Å². The summed E-state index contributed by atoms with van der Waals surface area (Å²) < 4.78 is 16.1. The minimum absolute atomic E-state index is 0.167. The molecule has 1 N–H and O–H groups in total. The zero-order valence-corrected chi connectivity index (χ0v) is 19.9. The van der Waals surface area contributed by atoms with E-state index in [1.807, 2.05) is 0 Å². The second kappa shape index (κ2) is 11.3.